The number of urea groups is 1. The average molecular weight is 288 g/mol. The fraction of sp³-hybridized carbons (Fsp3) is 0.462. The van der Waals surface area contributed by atoms with Gasteiger partial charge in [-0.25, -0.2) is 4.79 Å². The minimum atomic E-state index is -4.39. The Morgan fingerprint density at radius 2 is 2.15 bits per heavy atom. The molecular weight excluding hydrogens is 273 g/mol. The van der Waals surface area contributed by atoms with E-state index in [4.69, 9.17) is 5.11 Å². The molecule has 110 valence electrons. The molecule has 0 spiro atoms. The first-order chi connectivity index (χ1) is 9.41. The second kappa shape index (κ2) is 5.70. The van der Waals surface area contributed by atoms with Gasteiger partial charge in [0, 0.05) is 13.1 Å². The number of carbonyl (C=O) groups excluding carboxylic acids is 1. The van der Waals surface area contributed by atoms with Gasteiger partial charge in [0.25, 0.3) is 0 Å². The van der Waals surface area contributed by atoms with Gasteiger partial charge in [-0.3, -0.25) is 0 Å². The summed E-state index contributed by atoms with van der Waals surface area (Å²) >= 11 is 0. The fourth-order valence-corrected chi connectivity index (χ4v) is 2.21. The third kappa shape index (κ3) is 3.22. The molecule has 1 heterocycles. The van der Waals surface area contributed by atoms with Crippen LogP contribution < -0.4 is 5.32 Å². The number of alkyl halides is 3. The third-order valence-corrected chi connectivity index (χ3v) is 3.26. The summed E-state index contributed by atoms with van der Waals surface area (Å²) in [4.78, 5) is 13.2. The molecule has 0 bridgehead atoms. The normalized spacial score (nSPS) is 19.9. The van der Waals surface area contributed by atoms with Gasteiger partial charge in [-0.15, -0.1) is 0 Å². The number of nitrogens with one attached hydrogen (secondary N) is 1. The van der Waals surface area contributed by atoms with Gasteiger partial charge < -0.3 is 15.3 Å². The Hall–Kier alpha value is -1.76. The number of rotatable bonds is 3. The Balaban J connectivity index is 2.12. The van der Waals surface area contributed by atoms with Gasteiger partial charge in [-0.05, 0) is 24.1 Å². The van der Waals surface area contributed by atoms with Crippen molar-refractivity contribution in [1.82, 2.24) is 10.2 Å². The van der Waals surface area contributed by atoms with Crippen LogP contribution in [0.15, 0.2) is 24.3 Å². The van der Waals surface area contributed by atoms with Crippen molar-refractivity contribution in [3.05, 3.63) is 35.4 Å². The molecule has 4 nitrogen and oxygen atoms in total. The Kier molecular flexibility index (Phi) is 4.17. The van der Waals surface area contributed by atoms with Crippen LogP contribution in [0.3, 0.4) is 0 Å². The molecule has 1 aliphatic rings. The van der Waals surface area contributed by atoms with Crippen molar-refractivity contribution in [2.24, 2.45) is 0 Å². The topological polar surface area (TPSA) is 52.6 Å². The van der Waals surface area contributed by atoms with Crippen molar-refractivity contribution in [2.75, 3.05) is 19.7 Å². The number of halogens is 3. The number of hydrogen-bond acceptors (Lipinski definition) is 2. The van der Waals surface area contributed by atoms with Gasteiger partial charge in [0.05, 0.1) is 18.2 Å². The molecule has 1 aromatic carbocycles. The second-order valence-corrected chi connectivity index (χ2v) is 4.62. The van der Waals surface area contributed by atoms with E-state index in [1.165, 1.54) is 11.0 Å². The Morgan fingerprint density at radius 3 is 2.75 bits per heavy atom. The highest BCUT2D eigenvalue weighted by Gasteiger charge is 2.32. The van der Waals surface area contributed by atoms with Crippen molar-refractivity contribution in [2.45, 2.75) is 18.6 Å². The number of carbonyl (C=O) groups is 1. The van der Waals surface area contributed by atoms with E-state index in [1.54, 1.807) is 6.07 Å². The van der Waals surface area contributed by atoms with Crippen LogP contribution in [0.1, 0.15) is 23.6 Å². The number of aliphatic hydroxyl groups excluding tert-OH is 1. The molecule has 20 heavy (non-hydrogen) atoms. The lowest BCUT2D eigenvalue weighted by Gasteiger charge is -2.33. The van der Waals surface area contributed by atoms with Crippen molar-refractivity contribution in [1.29, 1.82) is 0 Å². The largest absolute Gasteiger partial charge is 0.416 e. The predicted octanol–water partition coefficient (Wildman–Crippen LogP) is 2.15. The lowest BCUT2D eigenvalue weighted by atomic mass is 9.99. The van der Waals surface area contributed by atoms with Crippen LogP contribution in [-0.4, -0.2) is 35.7 Å². The molecule has 1 saturated heterocycles. The van der Waals surface area contributed by atoms with Crippen LogP contribution in [0.25, 0.3) is 0 Å². The molecule has 2 N–H and O–H groups in total. The smallest absolute Gasteiger partial charge is 0.395 e. The van der Waals surface area contributed by atoms with Crippen LogP contribution >= 0.6 is 0 Å². The minimum Gasteiger partial charge on any atom is -0.395 e. The summed E-state index contributed by atoms with van der Waals surface area (Å²) in [6, 6.07) is 4.18. The zero-order valence-corrected chi connectivity index (χ0v) is 10.7. The summed E-state index contributed by atoms with van der Waals surface area (Å²) < 4.78 is 38.0. The highest BCUT2D eigenvalue weighted by molar-refractivity contribution is 5.75. The molecular formula is C13H15F3N2O2. The molecule has 2 amide bonds. The molecule has 2 rings (SSSR count). The quantitative estimate of drug-likeness (QED) is 0.895. The van der Waals surface area contributed by atoms with Crippen molar-refractivity contribution >= 4 is 6.03 Å². The molecule has 0 radical (unpaired) electrons. The number of benzene rings is 1. The zero-order chi connectivity index (χ0) is 14.8. The SMILES string of the molecule is O=C1NC(c2cccc(C(F)(F)F)c2)CCN1CCO. The van der Waals surface area contributed by atoms with Crippen LogP contribution in [0.5, 0.6) is 0 Å². The van der Waals surface area contributed by atoms with Crippen molar-refractivity contribution in [3.63, 3.8) is 0 Å². The summed E-state index contributed by atoms with van der Waals surface area (Å²) in [5, 5.41) is 11.5. The summed E-state index contributed by atoms with van der Waals surface area (Å²) in [7, 11) is 0. The average Bonchev–Trinajstić information content (AvgIpc) is 2.40. The van der Waals surface area contributed by atoms with E-state index < -0.39 is 17.8 Å². The summed E-state index contributed by atoms with van der Waals surface area (Å²) in [5.41, 5.74) is -0.279. The van der Waals surface area contributed by atoms with Crippen LogP contribution in [0.2, 0.25) is 0 Å². The maximum absolute atomic E-state index is 12.7. The molecule has 1 aromatic rings. The van der Waals surface area contributed by atoms with E-state index in [2.05, 4.69) is 5.32 Å². The molecule has 1 aliphatic heterocycles. The van der Waals surface area contributed by atoms with E-state index in [9.17, 15) is 18.0 Å². The number of amides is 2. The molecule has 1 atom stereocenters. The monoisotopic (exact) mass is 288 g/mol. The lowest BCUT2D eigenvalue weighted by molar-refractivity contribution is -0.137. The van der Waals surface area contributed by atoms with E-state index >= 15 is 0 Å². The van der Waals surface area contributed by atoms with Gasteiger partial charge in [0.1, 0.15) is 0 Å². The number of nitrogens with zero attached hydrogens (tertiary/aromatic N) is 1. The van der Waals surface area contributed by atoms with Crippen molar-refractivity contribution in [3.8, 4) is 0 Å². The first kappa shape index (κ1) is 14.6. The molecule has 1 unspecified atom stereocenters. The van der Waals surface area contributed by atoms with E-state index in [0.29, 0.717) is 18.5 Å². The maximum Gasteiger partial charge on any atom is 0.416 e. The molecule has 0 aliphatic carbocycles. The lowest BCUT2D eigenvalue weighted by Crippen LogP contribution is -2.48. The molecule has 7 heteroatoms. The Morgan fingerprint density at radius 1 is 1.40 bits per heavy atom. The highest BCUT2D eigenvalue weighted by Crippen LogP contribution is 2.31. The Bertz CT molecular complexity index is 491. The van der Waals surface area contributed by atoms with E-state index in [-0.39, 0.29) is 19.2 Å². The molecule has 1 fully saturated rings. The number of β-amino-alcohol motifs (C(OH)–C–C–N with tert-alkyl or cyclic N) is 1. The van der Waals surface area contributed by atoms with Crippen LogP contribution in [0.4, 0.5) is 18.0 Å². The first-order valence-corrected chi connectivity index (χ1v) is 6.25. The standard InChI is InChI=1S/C13H15F3N2O2/c14-13(15,16)10-3-1-2-9(8-10)11-4-5-18(6-7-19)12(20)17-11/h1-3,8,11,19H,4-7H2,(H,17,20). The second-order valence-electron chi connectivity index (χ2n) is 4.62. The molecule has 0 saturated carbocycles. The van der Waals surface area contributed by atoms with Crippen LogP contribution in [0, 0.1) is 0 Å². The first-order valence-electron chi connectivity index (χ1n) is 6.25. The predicted molar refractivity (Wildman–Crippen MR) is 66.0 cm³/mol. The summed E-state index contributed by atoms with van der Waals surface area (Å²) in [6.45, 7) is 0.496. The van der Waals surface area contributed by atoms with Crippen LogP contribution in [-0.2, 0) is 6.18 Å². The van der Waals surface area contributed by atoms with E-state index in [0.717, 1.165) is 12.1 Å². The number of aliphatic hydroxyl groups is 1. The molecule has 0 aromatic heterocycles. The van der Waals surface area contributed by atoms with Gasteiger partial charge in [0.2, 0.25) is 0 Å². The van der Waals surface area contributed by atoms with E-state index in [1.807, 2.05) is 0 Å². The summed E-state index contributed by atoms with van der Waals surface area (Å²) in [6.07, 6.45) is -3.88. The summed E-state index contributed by atoms with van der Waals surface area (Å²) in [5.74, 6) is 0. The minimum absolute atomic E-state index is 0.137. The van der Waals surface area contributed by atoms with Gasteiger partial charge in [0.15, 0.2) is 0 Å². The van der Waals surface area contributed by atoms with Gasteiger partial charge in [-0.1, -0.05) is 12.1 Å². The zero-order valence-electron chi connectivity index (χ0n) is 10.7. The fourth-order valence-electron chi connectivity index (χ4n) is 2.21. The highest BCUT2D eigenvalue weighted by atomic mass is 19.4. The van der Waals surface area contributed by atoms with Gasteiger partial charge in [-0.2, -0.15) is 13.2 Å². The Labute approximate surface area is 114 Å². The number of hydrogen-bond donors (Lipinski definition) is 2. The van der Waals surface area contributed by atoms with Crippen molar-refractivity contribution < 1.29 is 23.1 Å². The van der Waals surface area contributed by atoms with Gasteiger partial charge >= 0.3 is 12.2 Å². The third-order valence-electron chi connectivity index (χ3n) is 3.26. The maximum atomic E-state index is 12.7.